The molecule has 7 rings (SSSR count). The molecule has 0 atom stereocenters. The fourth-order valence-corrected chi connectivity index (χ4v) is 6.10. The number of nitrogens with one attached hydrogen (secondary N) is 1. The van der Waals surface area contributed by atoms with E-state index in [0.29, 0.717) is 74.2 Å². The summed E-state index contributed by atoms with van der Waals surface area (Å²) in [5.74, 6) is 1.43. The van der Waals surface area contributed by atoms with E-state index in [1.165, 1.54) is 12.1 Å². The molecule has 2 amide bonds. The lowest BCUT2D eigenvalue weighted by Gasteiger charge is -2.36. The first-order valence-electron chi connectivity index (χ1n) is 15.7. The van der Waals surface area contributed by atoms with Gasteiger partial charge in [0.2, 0.25) is 5.91 Å². The smallest absolute Gasteiger partial charge is 0.257 e. The Morgan fingerprint density at radius 2 is 1.70 bits per heavy atom. The first-order chi connectivity index (χ1) is 22.9. The summed E-state index contributed by atoms with van der Waals surface area (Å²) < 4.78 is 22.8. The minimum atomic E-state index is -0.334. The Morgan fingerprint density at radius 1 is 0.936 bits per heavy atom. The Balaban J connectivity index is 1.20. The Kier molecular flexibility index (Phi) is 8.24. The number of ether oxygens (including phenoxy) is 1. The van der Waals surface area contributed by atoms with Crippen molar-refractivity contribution in [2.24, 2.45) is 7.05 Å². The number of imidazole rings is 1. The first kappa shape index (κ1) is 30.3. The predicted molar refractivity (Wildman–Crippen MR) is 175 cm³/mol. The number of amides is 2. The number of aromatic nitrogens is 6. The number of benzene rings is 1. The van der Waals surface area contributed by atoms with Crippen LogP contribution in [-0.4, -0.2) is 98.6 Å². The predicted octanol–water partition coefficient (Wildman–Crippen LogP) is 3.48. The van der Waals surface area contributed by atoms with Gasteiger partial charge in [-0.2, -0.15) is 10.2 Å². The molecule has 47 heavy (non-hydrogen) atoms. The van der Waals surface area contributed by atoms with E-state index in [2.05, 4.69) is 25.1 Å². The summed E-state index contributed by atoms with van der Waals surface area (Å²) in [5, 5.41) is 12.7. The minimum Gasteiger partial charge on any atom is -0.378 e. The number of aryl methyl sites for hydroxylation is 1. The van der Waals surface area contributed by atoms with Gasteiger partial charge in [0.15, 0.2) is 11.5 Å². The largest absolute Gasteiger partial charge is 0.378 e. The fourth-order valence-electron chi connectivity index (χ4n) is 6.10. The molecule has 0 radical (unpaired) electrons. The van der Waals surface area contributed by atoms with Gasteiger partial charge < -0.3 is 24.8 Å². The second-order valence-corrected chi connectivity index (χ2v) is 11.5. The molecular formula is C33H35FN10O3. The Hall–Kier alpha value is -5.37. The number of fused-ring (bicyclic) bond motifs is 1. The van der Waals surface area contributed by atoms with E-state index < -0.39 is 0 Å². The first-order valence-corrected chi connectivity index (χ1v) is 15.7. The number of anilines is 3. The van der Waals surface area contributed by atoms with Gasteiger partial charge in [-0.3, -0.25) is 14.3 Å². The zero-order valence-corrected chi connectivity index (χ0v) is 26.3. The van der Waals surface area contributed by atoms with Crippen molar-refractivity contribution in [1.29, 1.82) is 0 Å². The highest BCUT2D eigenvalue weighted by atomic mass is 19.1. The molecule has 2 saturated heterocycles. The molecule has 1 N–H and O–H groups in total. The number of carbonyl (C=O) groups is 2. The van der Waals surface area contributed by atoms with Crippen molar-refractivity contribution in [3.63, 3.8) is 0 Å². The van der Waals surface area contributed by atoms with Crippen LogP contribution in [0.4, 0.5) is 21.8 Å². The van der Waals surface area contributed by atoms with Crippen LogP contribution < -0.4 is 15.1 Å². The molecule has 4 aromatic heterocycles. The second kappa shape index (κ2) is 12.8. The lowest BCUT2D eigenvalue weighted by atomic mass is 10.0. The highest BCUT2D eigenvalue weighted by Crippen LogP contribution is 2.39. The normalized spacial score (nSPS) is 15.3. The Bertz CT molecular complexity index is 1920. The third-order valence-electron chi connectivity index (χ3n) is 8.53. The lowest BCUT2D eigenvalue weighted by molar-refractivity contribution is -0.131. The summed E-state index contributed by atoms with van der Waals surface area (Å²) in [6.45, 7) is 7.02. The number of pyridine rings is 1. The van der Waals surface area contributed by atoms with Crippen molar-refractivity contribution in [2.45, 2.75) is 13.3 Å². The van der Waals surface area contributed by atoms with Gasteiger partial charge in [-0.15, -0.1) is 0 Å². The number of morpholine rings is 1. The van der Waals surface area contributed by atoms with E-state index in [1.807, 2.05) is 35.7 Å². The van der Waals surface area contributed by atoms with Gasteiger partial charge in [0.1, 0.15) is 23.1 Å². The maximum absolute atomic E-state index is 13.9. The number of nitrogens with zero attached hydrogens (tertiary/aromatic N) is 9. The van der Waals surface area contributed by atoms with Crippen LogP contribution in [0.25, 0.3) is 28.2 Å². The molecule has 2 fully saturated rings. The van der Waals surface area contributed by atoms with Crippen LogP contribution in [0, 0.1) is 5.82 Å². The molecule has 242 valence electrons. The standard InChI is InChI=1S/C33H35FN10O3/c1-3-29(45)42-12-14-43(15-13-42)33-30(31(39-40(33)2)22-4-6-24(34)7-5-22)25-8-9-27-36-26(21-44(27)38-25)37-32(46)23-10-11-35-28(20-23)41-16-18-47-19-17-41/h4-11,20-21H,3,12-19H2,1-2H3,(H,37,46). The molecule has 0 saturated carbocycles. The summed E-state index contributed by atoms with van der Waals surface area (Å²) >= 11 is 0. The van der Waals surface area contributed by atoms with Crippen LogP contribution in [0.15, 0.2) is 60.9 Å². The van der Waals surface area contributed by atoms with Crippen molar-refractivity contribution in [3.8, 4) is 22.5 Å². The second-order valence-electron chi connectivity index (χ2n) is 11.5. The van der Waals surface area contributed by atoms with E-state index in [1.54, 1.807) is 41.2 Å². The fraction of sp³-hybridized carbons (Fsp3) is 0.333. The third-order valence-corrected chi connectivity index (χ3v) is 8.53. The van der Waals surface area contributed by atoms with Crippen LogP contribution in [0.5, 0.6) is 0 Å². The van der Waals surface area contributed by atoms with Gasteiger partial charge in [-0.1, -0.05) is 6.92 Å². The van der Waals surface area contributed by atoms with Gasteiger partial charge in [0.05, 0.1) is 30.7 Å². The van der Waals surface area contributed by atoms with Crippen LogP contribution >= 0.6 is 0 Å². The topological polar surface area (TPSA) is 126 Å². The summed E-state index contributed by atoms with van der Waals surface area (Å²) in [7, 11) is 1.88. The van der Waals surface area contributed by atoms with E-state index in [0.717, 1.165) is 35.9 Å². The van der Waals surface area contributed by atoms with Crippen molar-refractivity contribution < 1.29 is 18.7 Å². The van der Waals surface area contributed by atoms with Gasteiger partial charge in [-0.05, 0) is 48.5 Å². The van der Waals surface area contributed by atoms with E-state index in [4.69, 9.17) is 14.9 Å². The van der Waals surface area contributed by atoms with Gasteiger partial charge in [0, 0.05) is 70.1 Å². The Morgan fingerprint density at radius 3 is 2.45 bits per heavy atom. The monoisotopic (exact) mass is 638 g/mol. The number of rotatable bonds is 7. The quantitative estimate of drug-likeness (QED) is 0.285. The molecule has 1 aromatic carbocycles. The molecule has 0 bridgehead atoms. The SMILES string of the molecule is CCC(=O)N1CCN(c2c(-c3ccc4nc(NC(=O)c5ccnc(N6CCOCC6)c5)cn4n3)c(-c3ccc(F)cc3)nn2C)CC1. The molecule has 0 aliphatic carbocycles. The van der Waals surface area contributed by atoms with Gasteiger partial charge in [0.25, 0.3) is 5.91 Å². The maximum atomic E-state index is 13.9. The zero-order valence-electron chi connectivity index (χ0n) is 26.3. The van der Waals surface area contributed by atoms with Crippen molar-refractivity contribution in [1.82, 2.24) is 34.3 Å². The number of hydrogen-bond acceptors (Lipinski definition) is 9. The van der Waals surface area contributed by atoms with E-state index in [9.17, 15) is 14.0 Å². The molecule has 13 nitrogen and oxygen atoms in total. The van der Waals surface area contributed by atoms with Gasteiger partial charge in [-0.25, -0.2) is 18.9 Å². The number of piperazine rings is 1. The molecule has 0 spiro atoms. The molecule has 6 heterocycles. The summed E-state index contributed by atoms with van der Waals surface area (Å²) in [4.78, 5) is 40.8. The molecule has 14 heteroatoms. The van der Waals surface area contributed by atoms with Crippen molar-refractivity contribution in [2.75, 3.05) is 67.6 Å². The average Bonchev–Trinajstić information content (AvgIpc) is 3.68. The summed E-state index contributed by atoms with van der Waals surface area (Å²) in [6, 6.07) is 13.4. The maximum Gasteiger partial charge on any atom is 0.257 e. The molecule has 2 aliphatic rings. The molecule has 5 aromatic rings. The average molecular weight is 639 g/mol. The lowest BCUT2D eigenvalue weighted by Crippen LogP contribution is -2.49. The highest BCUT2D eigenvalue weighted by Gasteiger charge is 2.29. The van der Waals surface area contributed by atoms with Crippen LogP contribution in [0.2, 0.25) is 0 Å². The van der Waals surface area contributed by atoms with E-state index in [-0.39, 0.29) is 17.6 Å². The van der Waals surface area contributed by atoms with Crippen LogP contribution in [-0.2, 0) is 16.6 Å². The number of carbonyl (C=O) groups excluding carboxylic acids is 2. The van der Waals surface area contributed by atoms with E-state index >= 15 is 0 Å². The third kappa shape index (κ3) is 6.11. The number of halogens is 1. The molecule has 0 unspecified atom stereocenters. The molecular weight excluding hydrogens is 603 g/mol. The molecule has 2 aliphatic heterocycles. The van der Waals surface area contributed by atoms with Crippen LogP contribution in [0.3, 0.4) is 0 Å². The number of hydrogen-bond donors (Lipinski definition) is 1. The highest BCUT2D eigenvalue weighted by molar-refractivity contribution is 6.04. The Labute approximate surface area is 270 Å². The zero-order chi connectivity index (χ0) is 32.5. The van der Waals surface area contributed by atoms with Crippen molar-refractivity contribution in [3.05, 3.63) is 72.3 Å². The van der Waals surface area contributed by atoms with Crippen LogP contribution in [0.1, 0.15) is 23.7 Å². The minimum absolute atomic E-state index is 0.137. The van der Waals surface area contributed by atoms with Crippen molar-refractivity contribution >= 4 is 34.9 Å². The summed E-state index contributed by atoms with van der Waals surface area (Å²) in [5.41, 5.74) is 3.83. The summed E-state index contributed by atoms with van der Waals surface area (Å²) in [6.07, 6.45) is 3.77. The van der Waals surface area contributed by atoms with Gasteiger partial charge >= 0.3 is 0 Å².